The highest BCUT2D eigenvalue weighted by atomic mass is 19.1. The predicted molar refractivity (Wildman–Crippen MR) is 77.1 cm³/mol. The number of aromatic nitrogens is 1. The summed E-state index contributed by atoms with van der Waals surface area (Å²) in [5.74, 6) is -1.55. The second-order valence-corrected chi connectivity index (χ2v) is 5.04. The van der Waals surface area contributed by atoms with Crippen LogP contribution in [0.5, 0.6) is 0 Å². The lowest BCUT2D eigenvalue weighted by atomic mass is 10.0. The molecule has 2 aromatic rings. The molecule has 2 N–H and O–H groups in total. The molecule has 6 heteroatoms. The lowest BCUT2D eigenvalue weighted by Crippen LogP contribution is -2.33. The Labute approximate surface area is 126 Å². The maximum Gasteiger partial charge on any atom is 0.251 e. The molecule has 0 fully saturated rings. The Morgan fingerprint density at radius 1 is 1.27 bits per heavy atom. The number of halogens is 2. The number of benzene rings is 1. The lowest BCUT2D eigenvalue weighted by molar-refractivity contribution is 0.0916. The topological polar surface area (TPSA) is 62.2 Å². The molecule has 1 heterocycles. The fourth-order valence-corrected chi connectivity index (χ4v) is 2.07. The van der Waals surface area contributed by atoms with Crippen LogP contribution >= 0.6 is 0 Å². The third-order valence-electron chi connectivity index (χ3n) is 3.20. The van der Waals surface area contributed by atoms with Gasteiger partial charge >= 0.3 is 0 Å². The monoisotopic (exact) mass is 306 g/mol. The standard InChI is InChI=1S/C16H16F2N2O2/c1-10(8-14(21)11-2-4-13(17)5-3-11)20-16(22)12-6-7-19-15(18)9-12/h2-7,9-10,14,21H,8H2,1H3,(H,20,22). The molecule has 1 aromatic heterocycles. The molecule has 0 saturated heterocycles. The van der Waals surface area contributed by atoms with E-state index in [0.717, 1.165) is 6.07 Å². The second kappa shape index (κ2) is 7.09. The summed E-state index contributed by atoms with van der Waals surface area (Å²) in [7, 11) is 0. The van der Waals surface area contributed by atoms with E-state index in [4.69, 9.17) is 0 Å². The highest BCUT2D eigenvalue weighted by Crippen LogP contribution is 2.18. The molecular formula is C16H16F2N2O2. The molecule has 116 valence electrons. The van der Waals surface area contributed by atoms with Crippen LogP contribution in [0.15, 0.2) is 42.6 Å². The number of aliphatic hydroxyl groups is 1. The van der Waals surface area contributed by atoms with Crippen LogP contribution in [-0.2, 0) is 0 Å². The van der Waals surface area contributed by atoms with Crippen molar-refractivity contribution in [3.05, 3.63) is 65.5 Å². The Morgan fingerprint density at radius 3 is 2.59 bits per heavy atom. The minimum atomic E-state index is -0.829. The van der Waals surface area contributed by atoms with Gasteiger partial charge in [0.1, 0.15) is 5.82 Å². The van der Waals surface area contributed by atoms with E-state index in [-0.39, 0.29) is 23.8 Å². The van der Waals surface area contributed by atoms with Gasteiger partial charge in [0.2, 0.25) is 5.95 Å². The van der Waals surface area contributed by atoms with E-state index in [2.05, 4.69) is 10.3 Å². The predicted octanol–water partition coefficient (Wildman–Crippen LogP) is 2.60. The number of amides is 1. The molecule has 0 radical (unpaired) electrons. The second-order valence-electron chi connectivity index (χ2n) is 5.04. The van der Waals surface area contributed by atoms with E-state index in [9.17, 15) is 18.7 Å². The number of carbonyl (C=O) groups excluding carboxylic acids is 1. The van der Waals surface area contributed by atoms with Crippen molar-refractivity contribution in [1.82, 2.24) is 10.3 Å². The van der Waals surface area contributed by atoms with E-state index in [1.165, 1.54) is 36.5 Å². The number of pyridine rings is 1. The highest BCUT2D eigenvalue weighted by molar-refractivity contribution is 5.94. The van der Waals surface area contributed by atoms with E-state index in [1.54, 1.807) is 6.92 Å². The van der Waals surface area contributed by atoms with Gasteiger partial charge in [-0.1, -0.05) is 12.1 Å². The Bertz CT molecular complexity index is 647. The Hall–Kier alpha value is -2.34. The number of rotatable bonds is 5. The fraction of sp³-hybridized carbons (Fsp3) is 0.250. The average molecular weight is 306 g/mol. The van der Waals surface area contributed by atoms with Gasteiger partial charge in [0.05, 0.1) is 6.10 Å². The molecule has 4 nitrogen and oxygen atoms in total. The van der Waals surface area contributed by atoms with Crippen LogP contribution in [-0.4, -0.2) is 22.0 Å². The maximum absolute atomic E-state index is 13.0. The Kier molecular flexibility index (Phi) is 5.16. The zero-order valence-electron chi connectivity index (χ0n) is 12.0. The van der Waals surface area contributed by atoms with E-state index in [0.29, 0.717) is 5.56 Å². The number of carbonyl (C=O) groups is 1. The first kappa shape index (κ1) is 16.0. The van der Waals surface area contributed by atoms with Gasteiger partial charge in [-0.15, -0.1) is 0 Å². The molecule has 0 bridgehead atoms. The molecular weight excluding hydrogens is 290 g/mol. The van der Waals surface area contributed by atoms with Gasteiger partial charge in [-0.2, -0.15) is 4.39 Å². The summed E-state index contributed by atoms with van der Waals surface area (Å²) in [4.78, 5) is 15.3. The number of nitrogens with one attached hydrogen (secondary N) is 1. The summed E-state index contributed by atoms with van der Waals surface area (Å²) >= 11 is 0. The van der Waals surface area contributed by atoms with Crippen molar-refractivity contribution >= 4 is 5.91 Å². The molecule has 0 spiro atoms. The molecule has 2 atom stereocenters. The summed E-state index contributed by atoms with van der Waals surface area (Å²) in [5.41, 5.74) is 0.730. The fourth-order valence-electron chi connectivity index (χ4n) is 2.07. The number of nitrogens with zero attached hydrogens (tertiary/aromatic N) is 1. The van der Waals surface area contributed by atoms with Crippen molar-refractivity contribution in [3.63, 3.8) is 0 Å². The van der Waals surface area contributed by atoms with Gasteiger partial charge in [0.15, 0.2) is 0 Å². The Balaban J connectivity index is 1.93. The van der Waals surface area contributed by atoms with E-state index < -0.39 is 18.0 Å². The van der Waals surface area contributed by atoms with Crippen molar-refractivity contribution in [3.8, 4) is 0 Å². The van der Waals surface area contributed by atoms with Gasteiger partial charge in [0, 0.05) is 23.9 Å². The smallest absolute Gasteiger partial charge is 0.251 e. The molecule has 1 amide bonds. The number of aliphatic hydroxyl groups excluding tert-OH is 1. The van der Waals surface area contributed by atoms with Crippen LogP contribution in [0.25, 0.3) is 0 Å². The van der Waals surface area contributed by atoms with Gasteiger partial charge in [-0.05, 0) is 37.1 Å². The largest absolute Gasteiger partial charge is 0.388 e. The van der Waals surface area contributed by atoms with Gasteiger partial charge in [-0.25, -0.2) is 9.37 Å². The van der Waals surface area contributed by atoms with Crippen molar-refractivity contribution in [2.45, 2.75) is 25.5 Å². The number of hydrogen-bond acceptors (Lipinski definition) is 3. The van der Waals surface area contributed by atoms with Crippen molar-refractivity contribution < 1.29 is 18.7 Å². The van der Waals surface area contributed by atoms with E-state index >= 15 is 0 Å². The normalized spacial score (nSPS) is 13.5. The lowest BCUT2D eigenvalue weighted by Gasteiger charge is -2.18. The SMILES string of the molecule is CC(CC(O)c1ccc(F)cc1)NC(=O)c1ccnc(F)c1. The van der Waals surface area contributed by atoms with Crippen LogP contribution in [0, 0.1) is 11.8 Å². The van der Waals surface area contributed by atoms with E-state index in [1.807, 2.05) is 0 Å². The van der Waals surface area contributed by atoms with Crippen LogP contribution in [0.2, 0.25) is 0 Å². The van der Waals surface area contributed by atoms with Crippen molar-refractivity contribution in [2.75, 3.05) is 0 Å². The van der Waals surface area contributed by atoms with Crippen LogP contribution in [0.1, 0.15) is 35.4 Å². The minimum absolute atomic E-state index is 0.163. The molecule has 1 aromatic carbocycles. The third-order valence-corrected chi connectivity index (χ3v) is 3.20. The zero-order chi connectivity index (χ0) is 16.1. The van der Waals surface area contributed by atoms with Gasteiger partial charge < -0.3 is 10.4 Å². The van der Waals surface area contributed by atoms with Gasteiger partial charge in [0.25, 0.3) is 5.91 Å². The molecule has 0 aliphatic rings. The first-order valence-electron chi connectivity index (χ1n) is 6.81. The summed E-state index contributed by atoms with van der Waals surface area (Å²) in [5, 5.41) is 12.7. The summed E-state index contributed by atoms with van der Waals surface area (Å²) in [6.07, 6.45) is 0.637. The molecule has 0 aliphatic carbocycles. The summed E-state index contributed by atoms with van der Waals surface area (Å²) < 4.78 is 25.8. The first-order chi connectivity index (χ1) is 10.5. The molecule has 0 aliphatic heterocycles. The quantitative estimate of drug-likeness (QED) is 0.835. The molecule has 2 rings (SSSR count). The highest BCUT2D eigenvalue weighted by Gasteiger charge is 2.16. The van der Waals surface area contributed by atoms with Gasteiger partial charge in [-0.3, -0.25) is 4.79 Å². The van der Waals surface area contributed by atoms with Crippen LogP contribution in [0.3, 0.4) is 0 Å². The molecule has 0 saturated carbocycles. The molecule has 2 unspecified atom stereocenters. The van der Waals surface area contributed by atoms with Crippen molar-refractivity contribution in [1.29, 1.82) is 0 Å². The third kappa shape index (κ3) is 4.33. The maximum atomic E-state index is 13.0. The summed E-state index contributed by atoms with van der Waals surface area (Å²) in [6, 6.07) is 7.62. The first-order valence-corrected chi connectivity index (χ1v) is 6.81. The zero-order valence-corrected chi connectivity index (χ0v) is 12.0. The summed E-state index contributed by atoms with van der Waals surface area (Å²) in [6.45, 7) is 1.72. The molecule has 22 heavy (non-hydrogen) atoms. The number of hydrogen-bond donors (Lipinski definition) is 2. The van der Waals surface area contributed by atoms with Crippen LogP contribution < -0.4 is 5.32 Å². The van der Waals surface area contributed by atoms with Crippen molar-refractivity contribution in [2.24, 2.45) is 0 Å². The minimum Gasteiger partial charge on any atom is -0.388 e. The Morgan fingerprint density at radius 2 is 1.95 bits per heavy atom. The average Bonchev–Trinajstić information content (AvgIpc) is 2.47. The van der Waals surface area contributed by atoms with Crippen LogP contribution in [0.4, 0.5) is 8.78 Å².